The lowest BCUT2D eigenvalue weighted by Gasteiger charge is -2.31. The van der Waals surface area contributed by atoms with Crippen LogP contribution in [0, 0.1) is 5.92 Å². The van der Waals surface area contributed by atoms with Crippen molar-refractivity contribution in [2.75, 3.05) is 30.3 Å². The maximum atomic E-state index is 13.6. The van der Waals surface area contributed by atoms with Gasteiger partial charge in [0.25, 0.3) is 0 Å². The Labute approximate surface area is 242 Å². The van der Waals surface area contributed by atoms with Gasteiger partial charge in [-0.15, -0.1) is 0 Å². The lowest BCUT2D eigenvalue weighted by Crippen LogP contribution is -2.49. The SMILES string of the molecule is CCOc1ccccc1N(CCCC(=O)N(Cc1ccc(Cl)cc1Cl)C(CC)C(=O)NCC(C)C)S(C)(=O)=O. The van der Waals surface area contributed by atoms with Gasteiger partial charge in [-0.2, -0.15) is 0 Å². The monoisotopic (exact) mass is 599 g/mol. The van der Waals surface area contributed by atoms with E-state index in [0.717, 1.165) is 6.26 Å². The molecule has 0 saturated carbocycles. The molecule has 216 valence electrons. The number of amides is 2. The van der Waals surface area contributed by atoms with Gasteiger partial charge in [0.1, 0.15) is 11.8 Å². The summed E-state index contributed by atoms with van der Waals surface area (Å²) in [5.74, 6) is 0.179. The molecular formula is C28H39Cl2N3O5S. The van der Waals surface area contributed by atoms with Crippen molar-refractivity contribution in [3.63, 3.8) is 0 Å². The number of nitrogens with one attached hydrogen (secondary N) is 1. The van der Waals surface area contributed by atoms with Crippen molar-refractivity contribution in [2.45, 2.75) is 59.5 Å². The molecule has 2 rings (SSSR count). The van der Waals surface area contributed by atoms with Gasteiger partial charge in [-0.1, -0.05) is 62.2 Å². The van der Waals surface area contributed by atoms with Crippen molar-refractivity contribution in [1.82, 2.24) is 10.2 Å². The summed E-state index contributed by atoms with van der Waals surface area (Å²) in [6.07, 6.45) is 1.79. The number of ether oxygens (including phenoxy) is 1. The summed E-state index contributed by atoms with van der Waals surface area (Å²) in [5, 5.41) is 3.79. The predicted octanol–water partition coefficient (Wildman–Crippen LogP) is 5.52. The lowest BCUT2D eigenvalue weighted by molar-refractivity contribution is -0.141. The van der Waals surface area contributed by atoms with Crippen LogP contribution in [-0.2, 0) is 26.2 Å². The van der Waals surface area contributed by atoms with Crippen LogP contribution in [0.3, 0.4) is 0 Å². The fourth-order valence-electron chi connectivity index (χ4n) is 4.10. The average molecular weight is 601 g/mol. The first kappa shape index (κ1) is 32.7. The van der Waals surface area contributed by atoms with Gasteiger partial charge >= 0.3 is 0 Å². The Balaban J connectivity index is 2.28. The maximum absolute atomic E-state index is 13.6. The molecule has 0 heterocycles. The second kappa shape index (κ2) is 15.3. The summed E-state index contributed by atoms with van der Waals surface area (Å²) in [4.78, 5) is 28.2. The third kappa shape index (κ3) is 9.89. The first-order valence-corrected chi connectivity index (χ1v) is 15.7. The fourth-order valence-corrected chi connectivity index (χ4v) is 5.54. The highest BCUT2D eigenvalue weighted by atomic mass is 35.5. The van der Waals surface area contributed by atoms with Crippen molar-refractivity contribution >= 4 is 50.7 Å². The van der Waals surface area contributed by atoms with Gasteiger partial charge in [0, 0.05) is 36.1 Å². The second-order valence-electron chi connectivity index (χ2n) is 9.66. The summed E-state index contributed by atoms with van der Waals surface area (Å²) < 4.78 is 32.2. The molecule has 1 N–H and O–H groups in total. The molecule has 0 aliphatic heterocycles. The maximum Gasteiger partial charge on any atom is 0.242 e. The van der Waals surface area contributed by atoms with Gasteiger partial charge in [0.15, 0.2) is 0 Å². The molecule has 1 unspecified atom stereocenters. The zero-order chi connectivity index (χ0) is 29.2. The number of rotatable bonds is 15. The van der Waals surface area contributed by atoms with E-state index >= 15 is 0 Å². The minimum atomic E-state index is -3.65. The van der Waals surface area contributed by atoms with E-state index in [4.69, 9.17) is 27.9 Å². The number of para-hydroxylation sites is 2. The molecule has 39 heavy (non-hydrogen) atoms. The van der Waals surface area contributed by atoms with Gasteiger partial charge < -0.3 is 15.0 Å². The fraction of sp³-hybridized carbons (Fsp3) is 0.500. The number of carbonyl (C=O) groups is 2. The van der Waals surface area contributed by atoms with Crippen LogP contribution in [0.4, 0.5) is 5.69 Å². The average Bonchev–Trinajstić information content (AvgIpc) is 2.86. The summed E-state index contributed by atoms with van der Waals surface area (Å²) in [6, 6.07) is 11.2. The zero-order valence-electron chi connectivity index (χ0n) is 23.2. The molecule has 0 bridgehead atoms. The number of sulfonamides is 1. The van der Waals surface area contributed by atoms with Crippen LogP contribution in [0.2, 0.25) is 10.0 Å². The van der Waals surface area contributed by atoms with E-state index < -0.39 is 16.1 Å². The van der Waals surface area contributed by atoms with Gasteiger partial charge in [-0.05, 0) is 55.5 Å². The summed E-state index contributed by atoms with van der Waals surface area (Å²) in [5.41, 5.74) is 1.08. The van der Waals surface area contributed by atoms with Crippen LogP contribution in [0.15, 0.2) is 42.5 Å². The Kier molecular flexibility index (Phi) is 12.9. The summed E-state index contributed by atoms with van der Waals surface area (Å²) in [6.45, 7) is 8.71. The van der Waals surface area contributed by atoms with E-state index in [2.05, 4.69) is 5.32 Å². The van der Waals surface area contributed by atoms with E-state index in [1.165, 1.54) is 9.21 Å². The van der Waals surface area contributed by atoms with E-state index in [-0.39, 0.29) is 43.7 Å². The number of anilines is 1. The highest BCUT2D eigenvalue weighted by Crippen LogP contribution is 2.30. The molecule has 0 aromatic heterocycles. The van der Waals surface area contributed by atoms with Gasteiger partial charge in [-0.25, -0.2) is 8.42 Å². The molecule has 2 aromatic rings. The van der Waals surface area contributed by atoms with Crippen molar-refractivity contribution in [3.05, 3.63) is 58.1 Å². The summed E-state index contributed by atoms with van der Waals surface area (Å²) >= 11 is 12.5. The normalized spacial score (nSPS) is 12.2. The molecule has 2 amide bonds. The van der Waals surface area contributed by atoms with Gasteiger partial charge in [0.05, 0.1) is 18.6 Å². The third-order valence-electron chi connectivity index (χ3n) is 6.01. The smallest absolute Gasteiger partial charge is 0.242 e. The molecule has 0 aliphatic rings. The van der Waals surface area contributed by atoms with E-state index in [1.807, 2.05) is 27.7 Å². The Morgan fingerprint density at radius 1 is 1.08 bits per heavy atom. The Bertz CT molecular complexity index is 1220. The van der Waals surface area contributed by atoms with Crippen molar-refractivity contribution in [2.24, 2.45) is 5.92 Å². The zero-order valence-corrected chi connectivity index (χ0v) is 25.6. The highest BCUT2D eigenvalue weighted by molar-refractivity contribution is 7.92. The highest BCUT2D eigenvalue weighted by Gasteiger charge is 2.29. The van der Waals surface area contributed by atoms with Crippen molar-refractivity contribution < 1.29 is 22.7 Å². The van der Waals surface area contributed by atoms with Gasteiger partial charge in [0.2, 0.25) is 21.8 Å². The molecule has 0 radical (unpaired) electrons. The molecule has 2 aromatic carbocycles. The topological polar surface area (TPSA) is 96.0 Å². The molecule has 8 nitrogen and oxygen atoms in total. The Morgan fingerprint density at radius 3 is 2.36 bits per heavy atom. The molecule has 1 atom stereocenters. The number of carbonyl (C=O) groups excluding carboxylic acids is 2. The van der Waals surface area contributed by atoms with Crippen LogP contribution in [0.5, 0.6) is 5.75 Å². The standard InChI is InChI=1S/C28H39Cl2N3O5S/c1-6-24(28(35)31-18-20(3)4)32(19-21-14-15-22(29)17-23(21)30)27(34)13-10-16-33(39(5,36)37)25-11-8-9-12-26(25)38-7-2/h8-9,11-12,14-15,17,20,24H,6-7,10,13,16,18-19H2,1-5H3,(H,31,35). The quantitative estimate of drug-likeness (QED) is 0.291. The molecule has 0 saturated heterocycles. The number of nitrogens with zero attached hydrogens (tertiary/aromatic N) is 2. The molecule has 11 heteroatoms. The second-order valence-corrected chi connectivity index (χ2v) is 12.4. The van der Waals surface area contributed by atoms with Crippen LogP contribution < -0.4 is 14.4 Å². The van der Waals surface area contributed by atoms with Gasteiger partial charge in [-0.3, -0.25) is 13.9 Å². The molecular weight excluding hydrogens is 561 g/mol. The van der Waals surface area contributed by atoms with Crippen LogP contribution >= 0.6 is 23.2 Å². The summed E-state index contributed by atoms with van der Waals surface area (Å²) in [7, 11) is -3.65. The van der Waals surface area contributed by atoms with E-state index in [0.29, 0.717) is 46.6 Å². The number of halogens is 2. The van der Waals surface area contributed by atoms with Crippen LogP contribution in [0.1, 0.15) is 52.5 Å². The molecule has 0 fully saturated rings. The first-order chi connectivity index (χ1) is 18.4. The first-order valence-electron chi connectivity index (χ1n) is 13.1. The van der Waals surface area contributed by atoms with E-state index in [9.17, 15) is 18.0 Å². The Morgan fingerprint density at radius 2 is 1.77 bits per heavy atom. The predicted molar refractivity (Wildman–Crippen MR) is 158 cm³/mol. The molecule has 0 spiro atoms. The molecule has 0 aliphatic carbocycles. The van der Waals surface area contributed by atoms with Crippen LogP contribution in [-0.4, -0.2) is 57.1 Å². The van der Waals surface area contributed by atoms with Crippen LogP contribution in [0.25, 0.3) is 0 Å². The minimum absolute atomic E-state index is 0.0298. The third-order valence-corrected chi connectivity index (χ3v) is 7.78. The van der Waals surface area contributed by atoms with E-state index in [1.54, 1.807) is 42.5 Å². The number of hydrogen-bond donors (Lipinski definition) is 1. The number of hydrogen-bond acceptors (Lipinski definition) is 5. The Hall–Kier alpha value is -2.49. The lowest BCUT2D eigenvalue weighted by atomic mass is 10.1. The number of benzene rings is 2. The largest absolute Gasteiger partial charge is 0.492 e. The van der Waals surface area contributed by atoms with Crippen molar-refractivity contribution in [1.29, 1.82) is 0 Å². The minimum Gasteiger partial charge on any atom is -0.492 e. The van der Waals surface area contributed by atoms with Crippen molar-refractivity contribution in [3.8, 4) is 5.75 Å².